The van der Waals surface area contributed by atoms with Crippen molar-refractivity contribution < 1.29 is 39.2 Å². The van der Waals surface area contributed by atoms with Gasteiger partial charge in [0.05, 0.1) is 18.1 Å². The molecule has 10 nitrogen and oxygen atoms in total. The van der Waals surface area contributed by atoms with Crippen LogP contribution in [0.25, 0.3) is 11.1 Å². The number of carbonyl (C=O) groups is 3. The average Bonchev–Trinajstić information content (AvgIpc) is 3.40. The van der Waals surface area contributed by atoms with Crippen molar-refractivity contribution in [3.05, 3.63) is 64.0 Å². The molecule has 38 heavy (non-hydrogen) atoms. The molecule has 3 aliphatic carbocycles. The number of phenolic OH excluding ortho intramolecular Hbond substituents is 1. The Morgan fingerprint density at radius 1 is 1.18 bits per heavy atom. The molecule has 6 N–H and O–H groups in total. The summed E-state index contributed by atoms with van der Waals surface area (Å²) in [6.07, 6.45) is 3.11. The summed E-state index contributed by atoms with van der Waals surface area (Å²) in [5, 5.41) is 44.4. The Labute approximate surface area is 218 Å². The summed E-state index contributed by atoms with van der Waals surface area (Å²) in [4.78, 5) is 41.1. The number of nitrogens with two attached hydrogens (primary N) is 1. The van der Waals surface area contributed by atoms with Gasteiger partial charge in [-0.2, -0.15) is 0 Å². The van der Waals surface area contributed by atoms with Crippen LogP contribution in [0.5, 0.6) is 5.75 Å². The maximum Gasteiger partial charge on any atom is 0.255 e. The number of aromatic hydroxyl groups is 1. The number of hydrogen-bond acceptors (Lipinski definition) is 9. The van der Waals surface area contributed by atoms with Crippen LogP contribution in [0.2, 0.25) is 0 Å². The van der Waals surface area contributed by atoms with Crippen LogP contribution in [0.1, 0.15) is 48.2 Å². The summed E-state index contributed by atoms with van der Waals surface area (Å²) < 4.78 is 5.29. The van der Waals surface area contributed by atoms with Gasteiger partial charge in [0, 0.05) is 35.6 Å². The molecule has 0 bridgehead atoms. The summed E-state index contributed by atoms with van der Waals surface area (Å²) in [5.41, 5.74) is 4.23. The Morgan fingerprint density at radius 3 is 2.50 bits per heavy atom. The monoisotopic (exact) mass is 522 g/mol. The molecule has 200 valence electrons. The summed E-state index contributed by atoms with van der Waals surface area (Å²) in [7, 11) is 0. The molecule has 0 unspecified atom stereocenters. The molecule has 0 saturated carbocycles. The molecule has 1 aromatic carbocycles. The van der Waals surface area contributed by atoms with Gasteiger partial charge in [0.15, 0.2) is 11.4 Å². The van der Waals surface area contributed by atoms with Crippen molar-refractivity contribution in [1.29, 1.82) is 0 Å². The number of allylic oxidation sites excluding steroid dienone is 2. The number of ketones is 2. The second-order valence-corrected chi connectivity index (χ2v) is 10.2. The van der Waals surface area contributed by atoms with Crippen LogP contribution in [0.15, 0.2) is 51.7 Å². The fraction of sp³-hybridized carbons (Fsp3) is 0.393. The quantitative estimate of drug-likeness (QED) is 0.357. The molecule has 1 aromatic heterocycles. The molecule has 0 fully saturated rings. The third kappa shape index (κ3) is 3.58. The standard InChI is InChI=1S/C28H30N2O8/c1-3-30(4-2)11-15-9-17(13-5-6-38-12-13)18-8-14-7-16-10-19(31)22(27(29)36)26(35)28(16,37)25(34)20(14)24(33)21(18)23(15)32/h5-6,9,12,14,16,31-32,34,37H,3-4,7-8,10-11H2,1-2H3,(H2,29,36)/t14-,16+,28+/m1/s1. The molecule has 3 atom stereocenters. The number of fused-ring (bicyclic) bond motifs is 3. The number of benzene rings is 1. The first-order valence-electron chi connectivity index (χ1n) is 12.6. The minimum absolute atomic E-state index is 0.00229. The Morgan fingerprint density at radius 2 is 1.89 bits per heavy atom. The number of furan rings is 1. The van der Waals surface area contributed by atoms with Gasteiger partial charge in [-0.05, 0) is 55.1 Å². The Hall–Kier alpha value is -3.89. The lowest BCUT2D eigenvalue weighted by Crippen LogP contribution is -2.57. The van der Waals surface area contributed by atoms with Crippen LogP contribution in [0.4, 0.5) is 0 Å². The second-order valence-electron chi connectivity index (χ2n) is 10.2. The minimum Gasteiger partial charge on any atom is -0.511 e. The molecular formula is C28H30N2O8. The third-order valence-corrected chi connectivity index (χ3v) is 8.26. The van der Waals surface area contributed by atoms with E-state index in [1.54, 1.807) is 12.3 Å². The van der Waals surface area contributed by atoms with Crippen molar-refractivity contribution in [2.24, 2.45) is 17.6 Å². The van der Waals surface area contributed by atoms with Crippen LogP contribution < -0.4 is 5.73 Å². The zero-order valence-electron chi connectivity index (χ0n) is 21.2. The molecule has 0 aliphatic heterocycles. The topological polar surface area (TPSA) is 175 Å². The molecule has 2 aromatic rings. The van der Waals surface area contributed by atoms with E-state index in [1.165, 1.54) is 6.26 Å². The van der Waals surface area contributed by atoms with Crippen molar-refractivity contribution >= 4 is 17.5 Å². The Balaban J connectivity index is 1.70. The van der Waals surface area contributed by atoms with E-state index >= 15 is 0 Å². The van der Waals surface area contributed by atoms with Crippen LogP contribution in [-0.2, 0) is 22.6 Å². The smallest absolute Gasteiger partial charge is 0.255 e. The van der Waals surface area contributed by atoms with Crippen LogP contribution in [-0.4, -0.2) is 61.5 Å². The Bertz CT molecular complexity index is 1420. The normalized spacial score (nSPS) is 24.9. The largest absolute Gasteiger partial charge is 0.511 e. The van der Waals surface area contributed by atoms with E-state index in [1.807, 2.05) is 19.9 Å². The van der Waals surface area contributed by atoms with Gasteiger partial charge in [0.1, 0.15) is 22.8 Å². The number of aliphatic hydroxyl groups excluding tert-OH is 2. The molecule has 1 heterocycles. The average molecular weight is 523 g/mol. The van der Waals surface area contributed by atoms with Crippen molar-refractivity contribution in [3.63, 3.8) is 0 Å². The molecule has 10 heteroatoms. The minimum atomic E-state index is -2.59. The highest BCUT2D eigenvalue weighted by Gasteiger charge is 2.59. The summed E-state index contributed by atoms with van der Waals surface area (Å²) in [6.45, 7) is 5.78. The van der Waals surface area contributed by atoms with Crippen molar-refractivity contribution in [2.45, 2.75) is 45.3 Å². The summed E-state index contributed by atoms with van der Waals surface area (Å²) >= 11 is 0. The highest BCUT2D eigenvalue weighted by Crippen LogP contribution is 2.52. The van der Waals surface area contributed by atoms with E-state index in [-0.39, 0.29) is 36.1 Å². The van der Waals surface area contributed by atoms with Gasteiger partial charge in [0.25, 0.3) is 5.91 Å². The predicted molar refractivity (Wildman–Crippen MR) is 135 cm³/mol. The van der Waals surface area contributed by atoms with Crippen LogP contribution >= 0.6 is 0 Å². The highest BCUT2D eigenvalue weighted by molar-refractivity contribution is 6.24. The van der Waals surface area contributed by atoms with Crippen LogP contribution in [0.3, 0.4) is 0 Å². The SMILES string of the molecule is CCN(CC)Cc1cc(-c2ccoc2)c2c(c1O)C(=O)C1=C(O)[C@]3(O)C(=O)C(C(N)=O)=C(O)C[C@@H]3C[C@@H]1C2. The van der Waals surface area contributed by atoms with Gasteiger partial charge in [-0.25, -0.2) is 0 Å². The summed E-state index contributed by atoms with van der Waals surface area (Å²) in [6, 6.07) is 3.60. The van der Waals surface area contributed by atoms with Crippen molar-refractivity contribution in [1.82, 2.24) is 4.90 Å². The van der Waals surface area contributed by atoms with E-state index in [9.17, 15) is 34.8 Å². The molecule has 0 saturated heterocycles. The third-order valence-electron chi connectivity index (χ3n) is 8.26. The molecular weight excluding hydrogens is 492 g/mol. The predicted octanol–water partition coefficient (Wildman–Crippen LogP) is 2.68. The zero-order chi connectivity index (χ0) is 27.5. The van der Waals surface area contributed by atoms with Crippen molar-refractivity contribution in [3.8, 4) is 16.9 Å². The lowest BCUT2D eigenvalue weighted by Gasteiger charge is -2.45. The number of phenols is 1. The molecule has 5 rings (SSSR count). The fourth-order valence-electron chi connectivity index (χ4n) is 6.23. The number of amides is 1. The molecule has 0 radical (unpaired) electrons. The summed E-state index contributed by atoms with van der Waals surface area (Å²) in [5.74, 6) is -6.37. The molecule has 1 amide bonds. The maximum atomic E-state index is 14.0. The number of primary amides is 1. The van der Waals surface area contributed by atoms with Gasteiger partial charge < -0.3 is 30.6 Å². The zero-order valence-corrected chi connectivity index (χ0v) is 21.2. The number of nitrogens with zero attached hydrogens (tertiary/aromatic N) is 1. The van der Waals surface area contributed by atoms with E-state index in [4.69, 9.17) is 10.2 Å². The first-order chi connectivity index (χ1) is 18.0. The first kappa shape index (κ1) is 25.7. The van der Waals surface area contributed by atoms with Gasteiger partial charge in [0.2, 0.25) is 5.78 Å². The number of carbonyl (C=O) groups excluding carboxylic acids is 3. The molecule has 3 aliphatic rings. The van der Waals surface area contributed by atoms with Gasteiger partial charge in [-0.1, -0.05) is 13.8 Å². The number of rotatable bonds is 6. The van der Waals surface area contributed by atoms with Gasteiger partial charge in [-0.15, -0.1) is 0 Å². The van der Waals surface area contributed by atoms with E-state index in [0.29, 0.717) is 23.2 Å². The van der Waals surface area contributed by atoms with E-state index in [2.05, 4.69) is 4.90 Å². The number of Topliss-reactive ketones (excluding diaryl/α,β-unsaturated/α-hetero) is 2. The Kier molecular flexibility index (Phi) is 6.19. The fourth-order valence-corrected chi connectivity index (χ4v) is 6.23. The van der Waals surface area contributed by atoms with Crippen molar-refractivity contribution in [2.75, 3.05) is 13.1 Å². The lowest BCUT2D eigenvalue weighted by atomic mass is 9.60. The number of aliphatic hydroxyl groups is 3. The maximum absolute atomic E-state index is 14.0. The highest BCUT2D eigenvalue weighted by atomic mass is 16.3. The van der Waals surface area contributed by atoms with Gasteiger partial charge >= 0.3 is 0 Å². The molecule has 0 spiro atoms. The van der Waals surface area contributed by atoms with E-state index < -0.39 is 52.0 Å². The van der Waals surface area contributed by atoms with Gasteiger partial charge in [-0.3, -0.25) is 19.3 Å². The van der Waals surface area contributed by atoms with Crippen LogP contribution in [0, 0.1) is 11.8 Å². The first-order valence-corrected chi connectivity index (χ1v) is 12.6. The lowest BCUT2D eigenvalue weighted by molar-refractivity contribution is -0.144. The number of hydrogen-bond donors (Lipinski definition) is 5. The second kappa shape index (κ2) is 9.14. The van der Waals surface area contributed by atoms with E-state index in [0.717, 1.165) is 18.7 Å².